The molecule has 2 unspecified atom stereocenters. The van der Waals surface area contributed by atoms with E-state index in [1.165, 1.54) is 22.3 Å². The maximum atomic E-state index is 6.58. The van der Waals surface area contributed by atoms with Crippen molar-refractivity contribution in [3.63, 3.8) is 0 Å². The van der Waals surface area contributed by atoms with Crippen LogP contribution in [-0.2, 0) is 33.6 Å². The fourth-order valence-electron chi connectivity index (χ4n) is 4.15. The Morgan fingerprint density at radius 1 is 1.06 bits per heavy atom. The first-order chi connectivity index (χ1) is 15.8. The lowest BCUT2D eigenvalue weighted by atomic mass is 9.87. The van der Waals surface area contributed by atoms with Gasteiger partial charge in [-0.05, 0) is 35.4 Å². The maximum Gasteiger partial charge on any atom is 0.187 e. The second-order valence-corrected chi connectivity index (χ2v) is 11.2. The van der Waals surface area contributed by atoms with Crippen LogP contribution in [0.2, 0.25) is 0 Å². The second kappa shape index (κ2) is 10.5. The summed E-state index contributed by atoms with van der Waals surface area (Å²) in [5, 5.41) is 0. The molecule has 0 saturated carbocycles. The Morgan fingerprint density at radius 2 is 1.79 bits per heavy atom. The van der Waals surface area contributed by atoms with Gasteiger partial charge in [-0.3, -0.25) is 0 Å². The number of benzene rings is 2. The van der Waals surface area contributed by atoms with Crippen LogP contribution in [0, 0.1) is 6.92 Å². The van der Waals surface area contributed by atoms with E-state index >= 15 is 0 Å². The van der Waals surface area contributed by atoms with Crippen molar-refractivity contribution in [2.75, 3.05) is 12.4 Å². The Hall–Kier alpha value is -2.08. The van der Waals surface area contributed by atoms with Gasteiger partial charge < -0.3 is 14.0 Å². The SMILES string of the molecule is Cc1ccc(CCC2(Cn3ccnc3)OCC(CSCc3ccc(C(C)(C)C)cc3)O2)cc1. The highest BCUT2D eigenvalue weighted by Gasteiger charge is 2.41. The number of hydrogen-bond donors (Lipinski definition) is 0. The summed E-state index contributed by atoms with van der Waals surface area (Å²) >= 11 is 1.92. The number of thioether (sulfide) groups is 1. The third-order valence-electron chi connectivity index (χ3n) is 6.20. The number of hydrogen-bond acceptors (Lipinski definition) is 4. The van der Waals surface area contributed by atoms with Crippen molar-refractivity contribution in [3.05, 3.63) is 89.5 Å². The molecule has 2 atom stereocenters. The number of rotatable bonds is 9. The summed E-state index contributed by atoms with van der Waals surface area (Å²) in [6.07, 6.45) is 7.47. The summed E-state index contributed by atoms with van der Waals surface area (Å²) in [6.45, 7) is 10.2. The van der Waals surface area contributed by atoms with Crippen LogP contribution in [0.1, 0.15) is 49.4 Å². The standard InChI is InChI=1S/C28H36N2O2S/c1-22-5-7-23(8-6-22)13-14-28(20-30-16-15-29-21-30)31-17-26(32-28)19-33-18-24-9-11-25(12-10-24)27(2,3)4/h5-12,15-16,21,26H,13-14,17-20H2,1-4H3. The van der Waals surface area contributed by atoms with E-state index in [0.717, 1.165) is 24.3 Å². The molecule has 4 rings (SSSR count). The molecule has 1 aliphatic heterocycles. The number of ether oxygens (including phenoxy) is 2. The minimum atomic E-state index is -0.606. The Balaban J connectivity index is 1.33. The van der Waals surface area contributed by atoms with Gasteiger partial charge in [0, 0.05) is 30.3 Å². The second-order valence-electron chi connectivity index (χ2n) is 10.1. The third kappa shape index (κ3) is 6.72. The molecule has 0 radical (unpaired) electrons. The van der Waals surface area contributed by atoms with Crippen molar-refractivity contribution < 1.29 is 9.47 Å². The van der Waals surface area contributed by atoms with Crippen LogP contribution >= 0.6 is 11.8 Å². The van der Waals surface area contributed by atoms with Gasteiger partial charge in [-0.15, -0.1) is 0 Å². The van der Waals surface area contributed by atoms with Crippen LogP contribution in [0.15, 0.2) is 67.3 Å². The Bertz CT molecular complexity index is 994. The molecule has 0 aliphatic carbocycles. The highest BCUT2D eigenvalue weighted by atomic mass is 32.2. The molecule has 0 spiro atoms. The highest BCUT2D eigenvalue weighted by molar-refractivity contribution is 7.98. The van der Waals surface area contributed by atoms with E-state index in [1.54, 1.807) is 6.20 Å². The average Bonchev–Trinajstić information content (AvgIpc) is 3.44. The van der Waals surface area contributed by atoms with E-state index in [1.807, 2.05) is 24.3 Å². The highest BCUT2D eigenvalue weighted by Crippen LogP contribution is 2.33. The number of aryl methyl sites for hydroxylation is 2. The van der Waals surface area contributed by atoms with Gasteiger partial charge in [-0.1, -0.05) is 74.9 Å². The fourth-order valence-corrected chi connectivity index (χ4v) is 5.12. The molecule has 0 amide bonds. The number of nitrogens with zero attached hydrogens (tertiary/aromatic N) is 2. The normalized spacial score (nSPS) is 20.9. The van der Waals surface area contributed by atoms with Crippen LogP contribution in [-0.4, -0.2) is 33.8 Å². The first-order valence-corrected chi connectivity index (χ1v) is 13.0. The lowest BCUT2D eigenvalue weighted by Crippen LogP contribution is -2.37. The van der Waals surface area contributed by atoms with Gasteiger partial charge in [0.1, 0.15) is 0 Å². The fraction of sp³-hybridized carbons (Fsp3) is 0.464. The van der Waals surface area contributed by atoms with Crippen molar-refractivity contribution in [2.45, 2.75) is 70.1 Å². The zero-order valence-electron chi connectivity index (χ0n) is 20.3. The lowest BCUT2D eigenvalue weighted by molar-refractivity contribution is -0.180. The lowest BCUT2D eigenvalue weighted by Gasteiger charge is -2.28. The predicted octanol–water partition coefficient (Wildman–Crippen LogP) is 6.17. The van der Waals surface area contributed by atoms with Gasteiger partial charge in [0.05, 0.1) is 25.6 Å². The molecule has 1 saturated heterocycles. The summed E-state index contributed by atoms with van der Waals surface area (Å²) < 4.78 is 15.0. The molecule has 0 N–H and O–H groups in total. The molecule has 1 aromatic heterocycles. The van der Waals surface area contributed by atoms with Crippen LogP contribution in [0.3, 0.4) is 0 Å². The quantitative estimate of drug-likeness (QED) is 0.380. The monoisotopic (exact) mass is 464 g/mol. The average molecular weight is 465 g/mol. The first-order valence-electron chi connectivity index (χ1n) is 11.8. The smallest absolute Gasteiger partial charge is 0.187 e. The molecular weight excluding hydrogens is 428 g/mol. The van der Waals surface area contributed by atoms with Crippen molar-refractivity contribution in [3.8, 4) is 0 Å². The van der Waals surface area contributed by atoms with E-state index in [-0.39, 0.29) is 11.5 Å². The Morgan fingerprint density at radius 3 is 2.45 bits per heavy atom. The van der Waals surface area contributed by atoms with Crippen LogP contribution in [0.5, 0.6) is 0 Å². The van der Waals surface area contributed by atoms with Gasteiger partial charge in [0.15, 0.2) is 5.79 Å². The molecule has 176 valence electrons. The molecule has 1 aliphatic rings. The van der Waals surface area contributed by atoms with Gasteiger partial charge >= 0.3 is 0 Å². The van der Waals surface area contributed by atoms with Crippen LogP contribution in [0.25, 0.3) is 0 Å². The maximum absolute atomic E-state index is 6.58. The Labute approximate surface area is 202 Å². The Kier molecular flexibility index (Phi) is 7.62. The molecule has 2 aromatic carbocycles. The zero-order valence-corrected chi connectivity index (χ0v) is 21.1. The van der Waals surface area contributed by atoms with E-state index in [9.17, 15) is 0 Å². The van der Waals surface area contributed by atoms with E-state index < -0.39 is 5.79 Å². The first kappa shape index (κ1) is 24.1. The topological polar surface area (TPSA) is 36.3 Å². The third-order valence-corrected chi connectivity index (χ3v) is 7.35. The minimum Gasteiger partial charge on any atom is -0.345 e. The predicted molar refractivity (Wildman–Crippen MR) is 137 cm³/mol. The van der Waals surface area contributed by atoms with Gasteiger partial charge in [0.2, 0.25) is 0 Å². The van der Waals surface area contributed by atoms with Crippen molar-refractivity contribution in [1.82, 2.24) is 9.55 Å². The van der Waals surface area contributed by atoms with Crippen LogP contribution < -0.4 is 0 Å². The van der Waals surface area contributed by atoms with Gasteiger partial charge in [-0.2, -0.15) is 11.8 Å². The summed E-state index contributed by atoms with van der Waals surface area (Å²) in [4.78, 5) is 4.19. The van der Waals surface area contributed by atoms with Crippen molar-refractivity contribution >= 4 is 11.8 Å². The summed E-state index contributed by atoms with van der Waals surface area (Å²) in [7, 11) is 0. The molecule has 3 aromatic rings. The van der Waals surface area contributed by atoms with Crippen LogP contribution in [0.4, 0.5) is 0 Å². The van der Waals surface area contributed by atoms with Crippen molar-refractivity contribution in [2.24, 2.45) is 0 Å². The van der Waals surface area contributed by atoms with Gasteiger partial charge in [0.25, 0.3) is 0 Å². The number of aromatic nitrogens is 2. The van der Waals surface area contributed by atoms with E-state index in [4.69, 9.17) is 9.47 Å². The summed E-state index contributed by atoms with van der Waals surface area (Å²) in [5.74, 6) is 1.31. The van der Waals surface area contributed by atoms with Crippen molar-refractivity contribution in [1.29, 1.82) is 0 Å². The van der Waals surface area contributed by atoms with E-state index in [0.29, 0.717) is 13.2 Å². The van der Waals surface area contributed by atoms with Gasteiger partial charge in [-0.25, -0.2) is 4.98 Å². The number of imidazole rings is 1. The molecule has 33 heavy (non-hydrogen) atoms. The zero-order chi connectivity index (χ0) is 23.3. The molecule has 5 heteroatoms. The molecule has 4 nitrogen and oxygen atoms in total. The summed E-state index contributed by atoms with van der Waals surface area (Å²) in [6, 6.07) is 17.8. The largest absolute Gasteiger partial charge is 0.345 e. The minimum absolute atomic E-state index is 0.102. The molecule has 0 bridgehead atoms. The molecular formula is C28H36N2O2S. The molecule has 2 heterocycles. The van der Waals surface area contributed by atoms with E-state index in [2.05, 4.69) is 85.8 Å². The summed E-state index contributed by atoms with van der Waals surface area (Å²) in [5.41, 5.74) is 5.52. The molecule has 1 fully saturated rings.